The van der Waals surface area contributed by atoms with Gasteiger partial charge in [-0.2, -0.15) is 0 Å². The normalized spacial score (nSPS) is 15.0. The molecule has 2 heterocycles. The van der Waals surface area contributed by atoms with Gasteiger partial charge in [-0.1, -0.05) is 30.3 Å². The fourth-order valence-electron chi connectivity index (χ4n) is 3.03. The number of thiazole rings is 1. The number of benzene rings is 1. The Kier molecular flexibility index (Phi) is 10.1. The summed E-state index contributed by atoms with van der Waals surface area (Å²) in [5.74, 6) is 0.464. The first-order valence-corrected chi connectivity index (χ1v) is 9.31. The first-order chi connectivity index (χ1) is 11.7. The molecule has 0 saturated carbocycles. The van der Waals surface area contributed by atoms with Crippen molar-refractivity contribution in [1.29, 1.82) is 0 Å². The molecule has 1 saturated heterocycles. The highest BCUT2D eigenvalue weighted by Crippen LogP contribution is 2.18. The van der Waals surface area contributed by atoms with Crippen LogP contribution in [0.5, 0.6) is 0 Å². The van der Waals surface area contributed by atoms with Crippen LogP contribution >= 0.6 is 36.2 Å². The molecule has 144 valence electrons. The lowest BCUT2D eigenvalue weighted by atomic mass is 9.96. The van der Waals surface area contributed by atoms with Crippen molar-refractivity contribution in [2.75, 3.05) is 19.6 Å². The average Bonchev–Trinajstić information content (AvgIpc) is 3.11. The Morgan fingerprint density at radius 3 is 2.54 bits per heavy atom. The summed E-state index contributed by atoms with van der Waals surface area (Å²) in [6, 6.07) is 10.6. The molecule has 2 aromatic rings. The molecule has 3 N–H and O–H groups in total. The summed E-state index contributed by atoms with van der Waals surface area (Å²) in [4.78, 5) is 18.8. The molecular formula is C18H26Cl2N4OS. The minimum atomic E-state index is -0.0855. The summed E-state index contributed by atoms with van der Waals surface area (Å²) >= 11 is 1.44. The topological polar surface area (TPSA) is 71.2 Å². The maximum Gasteiger partial charge on any atom is 0.270 e. The number of piperidine rings is 1. The molecule has 0 unspecified atom stereocenters. The van der Waals surface area contributed by atoms with Gasteiger partial charge in [0.25, 0.3) is 5.91 Å². The van der Waals surface area contributed by atoms with E-state index >= 15 is 0 Å². The molecule has 26 heavy (non-hydrogen) atoms. The van der Waals surface area contributed by atoms with Gasteiger partial charge in [0.2, 0.25) is 0 Å². The van der Waals surface area contributed by atoms with Crippen LogP contribution in [0.2, 0.25) is 0 Å². The number of carbonyl (C=O) groups is 1. The van der Waals surface area contributed by atoms with Crippen LogP contribution in [0.4, 0.5) is 0 Å². The van der Waals surface area contributed by atoms with Crippen LogP contribution in [0.1, 0.15) is 33.9 Å². The van der Waals surface area contributed by atoms with Crippen molar-refractivity contribution in [3.8, 4) is 0 Å². The van der Waals surface area contributed by atoms with Gasteiger partial charge in [0.1, 0.15) is 10.7 Å². The van der Waals surface area contributed by atoms with Crippen LogP contribution in [0, 0.1) is 5.92 Å². The van der Waals surface area contributed by atoms with Gasteiger partial charge in [-0.25, -0.2) is 4.98 Å². The number of amides is 1. The third-order valence-corrected chi connectivity index (χ3v) is 5.34. The summed E-state index contributed by atoms with van der Waals surface area (Å²) in [5, 5.41) is 5.59. The minimum absolute atomic E-state index is 0. The Labute approximate surface area is 171 Å². The molecule has 0 aliphatic carbocycles. The molecule has 1 fully saturated rings. The Hall–Kier alpha value is -1.18. The van der Waals surface area contributed by atoms with E-state index < -0.39 is 0 Å². The highest BCUT2D eigenvalue weighted by atomic mass is 35.5. The number of aromatic nitrogens is 1. The molecule has 1 aromatic heterocycles. The van der Waals surface area contributed by atoms with Crippen LogP contribution in [-0.4, -0.2) is 35.4 Å². The van der Waals surface area contributed by atoms with Gasteiger partial charge in [0, 0.05) is 25.0 Å². The lowest BCUT2D eigenvalue weighted by molar-refractivity contribution is 0.0931. The maximum atomic E-state index is 12.1. The summed E-state index contributed by atoms with van der Waals surface area (Å²) < 4.78 is 0. The van der Waals surface area contributed by atoms with Crippen molar-refractivity contribution in [2.45, 2.75) is 25.9 Å². The van der Waals surface area contributed by atoms with Gasteiger partial charge in [-0.3, -0.25) is 9.69 Å². The first kappa shape index (κ1) is 22.9. The van der Waals surface area contributed by atoms with E-state index in [4.69, 9.17) is 5.73 Å². The summed E-state index contributed by atoms with van der Waals surface area (Å²) in [5.41, 5.74) is 7.39. The lowest BCUT2D eigenvalue weighted by Crippen LogP contribution is -2.38. The largest absolute Gasteiger partial charge is 0.350 e. The van der Waals surface area contributed by atoms with E-state index in [-0.39, 0.29) is 30.7 Å². The molecule has 0 bridgehead atoms. The first-order valence-electron chi connectivity index (χ1n) is 8.43. The van der Waals surface area contributed by atoms with E-state index in [9.17, 15) is 4.79 Å². The van der Waals surface area contributed by atoms with E-state index in [0.29, 0.717) is 18.2 Å². The van der Waals surface area contributed by atoms with Gasteiger partial charge in [0.05, 0.1) is 0 Å². The molecule has 5 nitrogen and oxygen atoms in total. The minimum Gasteiger partial charge on any atom is -0.350 e. The van der Waals surface area contributed by atoms with Crippen molar-refractivity contribution in [3.05, 3.63) is 52.0 Å². The molecule has 1 aliphatic rings. The monoisotopic (exact) mass is 416 g/mol. The SMILES string of the molecule is Cl.Cl.NCc1nc(C(=O)NCC2CCN(Cc3ccccc3)CC2)cs1. The number of hydrogen-bond acceptors (Lipinski definition) is 5. The average molecular weight is 417 g/mol. The second-order valence-corrected chi connectivity index (χ2v) is 7.19. The third kappa shape index (κ3) is 6.52. The van der Waals surface area contributed by atoms with Crippen LogP contribution in [-0.2, 0) is 13.1 Å². The van der Waals surface area contributed by atoms with Crippen LogP contribution < -0.4 is 11.1 Å². The molecule has 1 amide bonds. The van der Waals surface area contributed by atoms with Crippen LogP contribution in [0.15, 0.2) is 35.7 Å². The molecule has 8 heteroatoms. The number of carbonyl (C=O) groups excluding carboxylic acids is 1. The van der Waals surface area contributed by atoms with E-state index in [1.54, 1.807) is 5.38 Å². The van der Waals surface area contributed by atoms with Crippen molar-refractivity contribution >= 4 is 42.1 Å². The standard InChI is InChI=1S/C18H24N4OS.2ClH/c19-10-17-21-16(13-24-17)18(23)20-11-14-6-8-22(9-7-14)12-15-4-2-1-3-5-15;;/h1-5,13-14H,6-12,19H2,(H,20,23);2*1H. The fraction of sp³-hybridized carbons (Fsp3) is 0.444. The molecule has 0 radical (unpaired) electrons. The Morgan fingerprint density at radius 2 is 1.92 bits per heavy atom. The zero-order chi connectivity index (χ0) is 16.8. The molecule has 3 rings (SSSR count). The maximum absolute atomic E-state index is 12.1. The van der Waals surface area contributed by atoms with Gasteiger partial charge >= 0.3 is 0 Å². The van der Waals surface area contributed by atoms with Crippen molar-refractivity contribution in [2.24, 2.45) is 11.7 Å². The smallest absolute Gasteiger partial charge is 0.270 e. The van der Waals surface area contributed by atoms with E-state index in [0.717, 1.165) is 44.0 Å². The van der Waals surface area contributed by atoms with Crippen LogP contribution in [0.3, 0.4) is 0 Å². The quantitative estimate of drug-likeness (QED) is 0.758. The predicted octanol–water partition coefficient (Wildman–Crippen LogP) is 3.09. The zero-order valence-electron chi connectivity index (χ0n) is 14.6. The number of nitrogens with one attached hydrogen (secondary N) is 1. The highest BCUT2D eigenvalue weighted by Gasteiger charge is 2.20. The van der Waals surface area contributed by atoms with Crippen molar-refractivity contribution in [3.63, 3.8) is 0 Å². The second-order valence-electron chi connectivity index (χ2n) is 6.25. The Balaban J connectivity index is 0.00000169. The fourth-order valence-corrected chi connectivity index (χ4v) is 3.68. The predicted molar refractivity (Wildman–Crippen MR) is 111 cm³/mol. The van der Waals surface area contributed by atoms with Crippen molar-refractivity contribution < 1.29 is 4.79 Å². The van der Waals surface area contributed by atoms with Gasteiger partial charge in [-0.15, -0.1) is 36.2 Å². The number of nitrogens with zero attached hydrogens (tertiary/aromatic N) is 2. The molecule has 1 aromatic carbocycles. The van der Waals surface area contributed by atoms with Gasteiger partial charge in [-0.05, 0) is 37.4 Å². The highest BCUT2D eigenvalue weighted by molar-refractivity contribution is 7.09. The van der Waals surface area contributed by atoms with Crippen LogP contribution in [0.25, 0.3) is 0 Å². The summed E-state index contributed by atoms with van der Waals surface area (Å²) in [6.07, 6.45) is 2.25. The molecule has 0 spiro atoms. The Morgan fingerprint density at radius 1 is 1.23 bits per heavy atom. The second kappa shape index (κ2) is 11.5. The number of rotatable bonds is 6. The summed E-state index contributed by atoms with van der Waals surface area (Å²) in [7, 11) is 0. The number of nitrogens with two attached hydrogens (primary N) is 1. The molecule has 0 atom stereocenters. The molecule has 1 aliphatic heterocycles. The number of hydrogen-bond donors (Lipinski definition) is 2. The Bertz CT molecular complexity index is 660. The van der Waals surface area contributed by atoms with Gasteiger partial charge in [0.15, 0.2) is 0 Å². The molecular weight excluding hydrogens is 391 g/mol. The van der Waals surface area contributed by atoms with E-state index in [1.165, 1.54) is 16.9 Å². The third-order valence-electron chi connectivity index (χ3n) is 4.47. The number of halogens is 2. The lowest BCUT2D eigenvalue weighted by Gasteiger charge is -2.32. The van der Waals surface area contributed by atoms with Crippen molar-refractivity contribution in [1.82, 2.24) is 15.2 Å². The summed E-state index contributed by atoms with van der Waals surface area (Å²) in [6.45, 7) is 4.30. The zero-order valence-corrected chi connectivity index (χ0v) is 17.0. The van der Waals surface area contributed by atoms with Gasteiger partial charge < -0.3 is 11.1 Å². The van der Waals surface area contributed by atoms with E-state index in [1.807, 2.05) is 0 Å². The number of likely N-dealkylation sites (tertiary alicyclic amines) is 1. The van der Waals surface area contributed by atoms with E-state index in [2.05, 4.69) is 45.5 Å².